The van der Waals surface area contributed by atoms with E-state index in [9.17, 15) is 40.9 Å². The summed E-state index contributed by atoms with van der Waals surface area (Å²) in [5.74, 6) is -0.349. The number of benzene rings is 3. The molecule has 11 nitrogen and oxygen atoms in total. The Bertz CT molecular complexity index is 1600. The minimum absolute atomic E-state index is 0. The van der Waals surface area contributed by atoms with E-state index < -0.39 is 32.1 Å². The Labute approximate surface area is 328 Å². The predicted octanol–water partition coefficient (Wildman–Crippen LogP) is -0.101. The van der Waals surface area contributed by atoms with Crippen LogP contribution in [-0.4, -0.2) is 68.3 Å². The fraction of sp³-hybridized carbons (Fsp3) is 0.364. The predicted molar refractivity (Wildman–Crippen MR) is 180 cm³/mol. The van der Waals surface area contributed by atoms with Gasteiger partial charge in [0.25, 0.3) is 0 Å². The van der Waals surface area contributed by atoms with Crippen molar-refractivity contribution in [1.82, 2.24) is 0 Å². The summed E-state index contributed by atoms with van der Waals surface area (Å²) in [5, 5.41) is 20.2. The number of unbranched alkanes of at least 4 members (excludes halogenated alkanes) is 2. The molecular weight excluding hydrogens is 678 g/mol. The van der Waals surface area contributed by atoms with Crippen molar-refractivity contribution < 1.29 is 100 Å². The van der Waals surface area contributed by atoms with E-state index in [0.717, 1.165) is 59.7 Å². The summed E-state index contributed by atoms with van der Waals surface area (Å²) in [6, 6.07) is 18.0. The molecule has 3 aromatic rings. The van der Waals surface area contributed by atoms with E-state index in [2.05, 4.69) is 0 Å². The molecule has 4 N–H and O–H groups in total. The Morgan fingerprint density at radius 3 is 1.46 bits per heavy atom. The van der Waals surface area contributed by atoms with Crippen LogP contribution in [0.15, 0.2) is 60.7 Å². The van der Waals surface area contributed by atoms with Crippen molar-refractivity contribution >= 4 is 37.6 Å². The van der Waals surface area contributed by atoms with Crippen LogP contribution in [0.4, 0.5) is 11.4 Å². The number of carboxylic acid groups (broad SMARTS) is 1. The Morgan fingerprint density at radius 2 is 1.12 bits per heavy atom. The van der Waals surface area contributed by atoms with E-state index in [0.29, 0.717) is 24.2 Å². The average molecular weight is 721 g/mol. The first-order valence-corrected chi connectivity index (χ1v) is 18.0. The number of rotatable bonds is 18. The van der Waals surface area contributed by atoms with Crippen LogP contribution in [0.1, 0.15) is 78.1 Å². The van der Waals surface area contributed by atoms with Crippen molar-refractivity contribution in [2.24, 2.45) is 0 Å². The number of anilines is 2. The zero-order valence-corrected chi connectivity index (χ0v) is 33.8. The quantitative estimate of drug-likeness (QED) is 0.0599. The summed E-state index contributed by atoms with van der Waals surface area (Å²) in [6.07, 6.45) is 3.37. The van der Waals surface area contributed by atoms with Gasteiger partial charge in [-0.2, -0.15) is 11.5 Å². The standard InChI is InChI=1S/C33H42N2O9S2.2Na/c1-4-6-16-34(18-20-45(39,40)41)28-12-8-25(9-13-28)31(27-22-24(3)32(36)30(23-27)33(37)38)26-10-14-29(15-11-26)35(17-7-5-2)19-21-46(42,43)44;;/h8-15,20-23,31,36H,4-7,16-19H2,1-3H3,(H,37,38)(H,39,40,41)(H,42,43,44);;/q-2;2*+1. The second kappa shape index (κ2) is 20.3. The van der Waals surface area contributed by atoms with Crippen molar-refractivity contribution in [3.8, 4) is 5.75 Å². The van der Waals surface area contributed by atoms with E-state index in [4.69, 9.17) is 0 Å². The fourth-order valence-electron chi connectivity index (χ4n) is 5.19. The number of nitrogens with zero attached hydrogens (tertiary/aromatic N) is 2. The number of aryl methyl sites for hydroxylation is 1. The first-order chi connectivity index (χ1) is 21.6. The van der Waals surface area contributed by atoms with Crippen molar-refractivity contribution in [2.45, 2.75) is 52.4 Å². The van der Waals surface area contributed by atoms with E-state index in [1.807, 2.05) is 72.2 Å². The molecule has 0 aliphatic heterocycles. The molecular formula is C33H42N2Na2O9S2. The fourth-order valence-corrected chi connectivity index (χ4v) is 5.92. The molecule has 0 aromatic heterocycles. The molecule has 0 heterocycles. The molecule has 0 amide bonds. The Morgan fingerprint density at radius 1 is 0.729 bits per heavy atom. The van der Waals surface area contributed by atoms with E-state index in [-0.39, 0.29) is 83.5 Å². The number of aromatic hydroxyl groups is 1. The minimum Gasteiger partial charge on any atom is -0.507 e. The maximum Gasteiger partial charge on any atom is 1.00 e. The molecule has 0 fully saturated rings. The van der Waals surface area contributed by atoms with Gasteiger partial charge in [0.05, 0.1) is 0 Å². The van der Waals surface area contributed by atoms with Gasteiger partial charge in [-0.3, -0.25) is 0 Å². The van der Waals surface area contributed by atoms with Gasteiger partial charge in [-0.25, -0.2) is 21.6 Å². The summed E-state index contributed by atoms with van der Waals surface area (Å²) in [6.45, 7) is 6.78. The molecule has 48 heavy (non-hydrogen) atoms. The third-order valence-electron chi connectivity index (χ3n) is 7.64. The summed E-state index contributed by atoms with van der Waals surface area (Å²) >= 11 is 0. The van der Waals surface area contributed by atoms with Crippen molar-refractivity contribution in [3.63, 3.8) is 0 Å². The van der Waals surface area contributed by atoms with Gasteiger partial charge >= 0.3 is 65.1 Å². The van der Waals surface area contributed by atoms with Crippen molar-refractivity contribution in [2.75, 3.05) is 36.0 Å². The number of hydrogen-bond donors (Lipinski definition) is 4. The number of hydrogen-bond acceptors (Lipinski definition) is 8. The minimum atomic E-state index is -4.27. The molecule has 15 heteroatoms. The van der Waals surface area contributed by atoms with E-state index in [1.54, 1.807) is 13.0 Å². The molecule has 0 aliphatic rings. The van der Waals surface area contributed by atoms with Gasteiger partial charge < -0.3 is 29.1 Å². The molecule has 0 spiro atoms. The van der Waals surface area contributed by atoms with E-state index >= 15 is 0 Å². The van der Waals surface area contributed by atoms with Crippen LogP contribution in [0.2, 0.25) is 0 Å². The van der Waals surface area contributed by atoms with Crippen LogP contribution in [-0.2, 0) is 20.2 Å². The molecule has 0 saturated heterocycles. The normalized spacial score (nSPS) is 11.5. The van der Waals surface area contributed by atoms with Gasteiger partial charge in [-0.1, -0.05) is 70.1 Å². The third kappa shape index (κ3) is 13.6. The van der Waals surface area contributed by atoms with Gasteiger partial charge in [0.1, 0.15) is 31.5 Å². The van der Waals surface area contributed by atoms with Gasteiger partial charge in [0.15, 0.2) is 0 Å². The SMILES string of the molecule is CCCCN(C[CH-]S(=O)(=O)O)c1ccc(C(c2ccc(N(C[CH-]S(=O)(=O)O)CCCC)cc2)c2cc(C)c(O)c(C(=O)O)c2)cc1.[Na+].[Na+]. The molecule has 0 atom stereocenters. The number of phenols is 1. The molecule has 3 aromatic carbocycles. The van der Waals surface area contributed by atoms with Crippen LogP contribution in [0.5, 0.6) is 5.75 Å². The molecule has 3 rings (SSSR count). The summed E-state index contributed by atoms with van der Waals surface area (Å²) in [5.41, 5.74) is 3.86. The zero-order valence-electron chi connectivity index (χ0n) is 28.2. The molecule has 0 saturated carbocycles. The zero-order chi connectivity index (χ0) is 34.1. The topological polar surface area (TPSA) is 173 Å². The molecule has 252 valence electrons. The monoisotopic (exact) mass is 720 g/mol. The average Bonchev–Trinajstić information content (AvgIpc) is 2.99. The Kier molecular flexibility index (Phi) is 18.7. The number of carbonyl (C=O) groups is 1. The second-order valence-corrected chi connectivity index (χ2v) is 13.8. The van der Waals surface area contributed by atoms with Crippen molar-refractivity contribution in [3.05, 3.63) is 100.0 Å². The van der Waals surface area contributed by atoms with Crippen LogP contribution >= 0.6 is 0 Å². The summed E-state index contributed by atoms with van der Waals surface area (Å²) < 4.78 is 64.1. The number of aromatic carboxylic acids is 1. The maximum atomic E-state index is 12.0. The van der Waals surface area contributed by atoms with Crippen LogP contribution in [0.3, 0.4) is 0 Å². The summed E-state index contributed by atoms with van der Waals surface area (Å²) in [4.78, 5) is 15.7. The smallest absolute Gasteiger partial charge is 0.507 e. The van der Waals surface area contributed by atoms with Gasteiger partial charge in [-0.05, 0) is 72.4 Å². The third-order valence-corrected chi connectivity index (χ3v) is 8.78. The summed E-state index contributed by atoms with van der Waals surface area (Å²) in [7, 11) is -8.55. The van der Waals surface area contributed by atoms with Gasteiger partial charge in [0, 0.05) is 30.4 Å². The van der Waals surface area contributed by atoms with Crippen molar-refractivity contribution in [1.29, 1.82) is 0 Å². The Hall–Kier alpha value is -1.65. The molecule has 0 aliphatic carbocycles. The van der Waals surface area contributed by atoms with Gasteiger partial charge in [-0.15, -0.1) is 0 Å². The molecule has 0 radical (unpaired) electrons. The van der Waals surface area contributed by atoms with Crippen LogP contribution < -0.4 is 68.9 Å². The van der Waals surface area contributed by atoms with Crippen LogP contribution in [0.25, 0.3) is 0 Å². The molecule has 0 bridgehead atoms. The first kappa shape index (κ1) is 44.4. The molecule has 0 unspecified atom stereocenters. The van der Waals surface area contributed by atoms with E-state index in [1.165, 1.54) is 6.07 Å². The number of carboxylic acids is 1. The first-order valence-electron chi connectivity index (χ1n) is 15.0. The van der Waals surface area contributed by atoms with Gasteiger partial charge in [0.2, 0.25) is 0 Å². The largest absolute Gasteiger partial charge is 1.00 e. The Balaban J connectivity index is 0.00000576. The maximum absolute atomic E-state index is 12.0. The van der Waals surface area contributed by atoms with Crippen LogP contribution in [0, 0.1) is 18.4 Å². The second-order valence-electron chi connectivity index (χ2n) is 11.1.